The van der Waals surface area contributed by atoms with Crippen molar-refractivity contribution in [1.82, 2.24) is 9.80 Å². The van der Waals surface area contributed by atoms with Crippen molar-refractivity contribution in [1.29, 1.82) is 0 Å². The predicted octanol–water partition coefficient (Wildman–Crippen LogP) is 1.78. The van der Waals surface area contributed by atoms with E-state index in [0.29, 0.717) is 0 Å². The first-order valence-corrected chi connectivity index (χ1v) is 9.04. The molecule has 0 spiro atoms. The zero-order valence-electron chi connectivity index (χ0n) is 16.1. The van der Waals surface area contributed by atoms with Gasteiger partial charge in [-0.15, -0.1) is 0 Å². The summed E-state index contributed by atoms with van der Waals surface area (Å²) in [6.45, 7) is 11.4. The van der Waals surface area contributed by atoms with E-state index >= 15 is 0 Å². The van der Waals surface area contributed by atoms with Gasteiger partial charge >= 0.3 is 11.9 Å². The van der Waals surface area contributed by atoms with Gasteiger partial charge in [0.1, 0.15) is 12.1 Å². The maximum atomic E-state index is 12.2. The van der Waals surface area contributed by atoms with E-state index in [1.807, 2.05) is 0 Å². The summed E-state index contributed by atoms with van der Waals surface area (Å²) in [6, 6.07) is -0.412. The first kappa shape index (κ1) is 20.9. The van der Waals surface area contributed by atoms with Crippen molar-refractivity contribution in [2.24, 2.45) is 11.8 Å². The summed E-state index contributed by atoms with van der Waals surface area (Å²) >= 11 is 0. The SMILES string of the molecule is CCC(C)[C@@H](C(=O)OC)N1CCN([C@H](C(=O)OC)C(C)CC)CC1. The fraction of sp³-hybridized carbons (Fsp3) is 0.889. The Kier molecular flexibility index (Phi) is 8.70. The minimum absolute atomic E-state index is 0.163. The normalized spacial score (nSPS) is 21.6. The van der Waals surface area contributed by atoms with E-state index in [9.17, 15) is 9.59 Å². The lowest BCUT2D eigenvalue weighted by Gasteiger charge is -2.43. The van der Waals surface area contributed by atoms with E-state index in [1.165, 1.54) is 14.2 Å². The lowest BCUT2D eigenvalue weighted by molar-refractivity contribution is -0.154. The molecule has 4 atom stereocenters. The Morgan fingerprint density at radius 2 is 1.08 bits per heavy atom. The molecule has 0 N–H and O–H groups in total. The number of carbonyl (C=O) groups is 2. The number of esters is 2. The van der Waals surface area contributed by atoms with Gasteiger partial charge in [0.2, 0.25) is 0 Å². The van der Waals surface area contributed by atoms with Crippen molar-refractivity contribution in [3.63, 3.8) is 0 Å². The second kappa shape index (κ2) is 9.99. The van der Waals surface area contributed by atoms with Crippen LogP contribution in [0.5, 0.6) is 0 Å². The van der Waals surface area contributed by atoms with E-state index in [0.717, 1.165) is 39.0 Å². The molecule has 0 aromatic heterocycles. The van der Waals surface area contributed by atoms with Gasteiger partial charge < -0.3 is 9.47 Å². The highest BCUT2D eigenvalue weighted by molar-refractivity contribution is 5.76. The molecule has 2 unspecified atom stereocenters. The average molecular weight is 342 g/mol. The average Bonchev–Trinajstić information content (AvgIpc) is 2.62. The van der Waals surface area contributed by atoms with Crippen LogP contribution in [0.2, 0.25) is 0 Å². The molecule has 0 aliphatic carbocycles. The van der Waals surface area contributed by atoms with Gasteiger partial charge in [0.15, 0.2) is 0 Å². The molecule has 0 saturated carbocycles. The minimum atomic E-state index is -0.206. The van der Waals surface area contributed by atoms with Crippen molar-refractivity contribution in [3.8, 4) is 0 Å². The van der Waals surface area contributed by atoms with Crippen molar-refractivity contribution < 1.29 is 19.1 Å². The fourth-order valence-electron chi connectivity index (χ4n) is 3.46. The summed E-state index contributed by atoms with van der Waals surface area (Å²) in [6.07, 6.45) is 1.86. The first-order valence-electron chi connectivity index (χ1n) is 9.04. The topological polar surface area (TPSA) is 59.1 Å². The monoisotopic (exact) mass is 342 g/mol. The van der Waals surface area contributed by atoms with Crippen LogP contribution in [0.25, 0.3) is 0 Å². The van der Waals surface area contributed by atoms with Crippen LogP contribution in [0.1, 0.15) is 40.5 Å². The van der Waals surface area contributed by atoms with Gasteiger partial charge in [0.05, 0.1) is 14.2 Å². The molecule has 24 heavy (non-hydrogen) atoms. The largest absolute Gasteiger partial charge is 0.468 e. The van der Waals surface area contributed by atoms with Crippen LogP contribution < -0.4 is 0 Å². The number of hydrogen-bond donors (Lipinski definition) is 0. The molecule has 1 rings (SSSR count). The number of carbonyl (C=O) groups excluding carboxylic acids is 2. The van der Waals surface area contributed by atoms with Crippen LogP contribution in [0, 0.1) is 11.8 Å². The Hall–Kier alpha value is -1.14. The minimum Gasteiger partial charge on any atom is -0.468 e. The molecule has 1 aliphatic heterocycles. The number of nitrogens with zero attached hydrogens (tertiary/aromatic N) is 2. The van der Waals surface area contributed by atoms with Gasteiger partial charge in [-0.05, 0) is 11.8 Å². The van der Waals surface area contributed by atoms with Crippen molar-refractivity contribution in [3.05, 3.63) is 0 Å². The molecule has 1 fully saturated rings. The molecule has 6 heteroatoms. The molecule has 0 amide bonds. The third kappa shape index (κ3) is 4.93. The molecule has 0 radical (unpaired) electrons. The smallest absolute Gasteiger partial charge is 0.323 e. The quantitative estimate of drug-likeness (QED) is 0.627. The van der Waals surface area contributed by atoms with Gasteiger partial charge in [-0.3, -0.25) is 19.4 Å². The highest BCUT2D eigenvalue weighted by Gasteiger charge is 2.37. The summed E-state index contributed by atoms with van der Waals surface area (Å²) < 4.78 is 10.0. The fourth-order valence-corrected chi connectivity index (χ4v) is 3.46. The maximum absolute atomic E-state index is 12.2. The Bertz CT molecular complexity index is 370. The summed E-state index contributed by atoms with van der Waals surface area (Å²) in [7, 11) is 2.90. The van der Waals surface area contributed by atoms with Crippen LogP contribution in [0.15, 0.2) is 0 Å². The molecule has 6 nitrogen and oxygen atoms in total. The molecular formula is C18H34N2O4. The first-order chi connectivity index (χ1) is 11.4. The van der Waals surface area contributed by atoms with Crippen LogP contribution in [-0.4, -0.2) is 74.2 Å². The Morgan fingerprint density at radius 3 is 1.29 bits per heavy atom. The third-order valence-corrected chi connectivity index (χ3v) is 5.39. The molecule has 0 aromatic carbocycles. The van der Waals surface area contributed by atoms with Crippen molar-refractivity contribution in [2.45, 2.75) is 52.6 Å². The lowest BCUT2D eigenvalue weighted by atomic mass is 9.95. The van der Waals surface area contributed by atoms with Gasteiger partial charge in [-0.2, -0.15) is 0 Å². The number of rotatable bonds is 8. The lowest BCUT2D eigenvalue weighted by Crippen LogP contribution is -2.59. The van der Waals surface area contributed by atoms with Crippen molar-refractivity contribution in [2.75, 3.05) is 40.4 Å². The van der Waals surface area contributed by atoms with Gasteiger partial charge in [0, 0.05) is 26.2 Å². The second-order valence-electron chi connectivity index (χ2n) is 6.78. The highest BCUT2D eigenvalue weighted by Crippen LogP contribution is 2.22. The Labute approximate surface area is 146 Å². The molecule has 140 valence electrons. The third-order valence-electron chi connectivity index (χ3n) is 5.39. The zero-order valence-corrected chi connectivity index (χ0v) is 16.1. The van der Waals surface area contributed by atoms with Gasteiger partial charge in [-0.25, -0.2) is 0 Å². The van der Waals surface area contributed by atoms with Crippen LogP contribution in [-0.2, 0) is 19.1 Å². The van der Waals surface area contributed by atoms with Gasteiger partial charge in [0.25, 0.3) is 0 Å². The van der Waals surface area contributed by atoms with E-state index in [2.05, 4.69) is 37.5 Å². The molecular weight excluding hydrogens is 308 g/mol. The standard InChI is InChI=1S/C18H34N2O4/c1-7-13(3)15(17(21)23-5)19-9-11-20(12-10-19)16(14(4)8-2)18(22)24-6/h13-16H,7-12H2,1-6H3/t13?,14?,15-,16-/m0/s1. The van der Waals surface area contributed by atoms with Gasteiger partial charge in [-0.1, -0.05) is 40.5 Å². The van der Waals surface area contributed by atoms with E-state index in [1.54, 1.807) is 0 Å². The molecule has 1 saturated heterocycles. The van der Waals surface area contributed by atoms with Crippen LogP contribution in [0.4, 0.5) is 0 Å². The summed E-state index contributed by atoms with van der Waals surface area (Å²) in [4.78, 5) is 28.8. The maximum Gasteiger partial charge on any atom is 0.323 e. The predicted molar refractivity (Wildman–Crippen MR) is 93.7 cm³/mol. The second-order valence-corrected chi connectivity index (χ2v) is 6.78. The molecule has 1 heterocycles. The highest BCUT2D eigenvalue weighted by atomic mass is 16.5. The molecule has 0 bridgehead atoms. The number of hydrogen-bond acceptors (Lipinski definition) is 6. The Morgan fingerprint density at radius 1 is 0.792 bits per heavy atom. The van der Waals surface area contributed by atoms with E-state index < -0.39 is 0 Å². The van der Waals surface area contributed by atoms with E-state index in [4.69, 9.17) is 9.47 Å². The summed E-state index contributed by atoms with van der Waals surface area (Å²) in [5.41, 5.74) is 0. The van der Waals surface area contributed by atoms with Crippen LogP contribution in [0.3, 0.4) is 0 Å². The van der Waals surface area contributed by atoms with Crippen LogP contribution >= 0.6 is 0 Å². The number of ether oxygens (including phenoxy) is 2. The summed E-state index contributed by atoms with van der Waals surface area (Å²) in [5, 5.41) is 0. The molecule has 0 aromatic rings. The van der Waals surface area contributed by atoms with Crippen molar-refractivity contribution >= 4 is 11.9 Å². The Balaban J connectivity index is 2.78. The zero-order chi connectivity index (χ0) is 18.3. The molecule has 1 aliphatic rings. The number of piperazine rings is 1. The number of methoxy groups -OCH3 is 2. The summed E-state index contributed by atoms with van der Waals surface area (Å²) in [5.74, 6) is 0.165. The van der Waals surface area contributed by atoms with E-state index in [-0.39, 0.29) is 35.9 Å².